The Balaban J connectivity index is 1.74. The van der Waals surface area contributed by atoms with Crippen LogP contribution in [-0.2, 0) is 6.42 Å². The van der Waals surface area contributed by atoms with Gasteiger partial charge in [-0.2, -0.15) is 9.78 Å². The second-order valence-corrected chi connectivity index (χ2v) is 6.61. The molecule has 0 aliphatic heterocycles. The van der Waals surface area contributed by atoms with Crippen LogP contribution in [0.15, 0.2) is 61.5 Å². The number of aryl methyl sites for hydroxylation is 1. The second kappa shape index (κ2) is 8.52. The molecular weight excluding hydrogens is 350 g/mol. The highest BCUT2D eigenvalue weighted by Crippen LogP contribution is 2.23. The predicted octanol–water partition coefficient (Wildman–Crippen LogP) is 4.21. The number of nitrogens with zero attached hydrogens (tertiary/aromatic N) is 3. The SMILES string of the molecule is C=C/C=C(\C=C)CCNC(=O)n1nc(C)c(Cc2c[nH]c3ncccc23)c1C. The van der Waals surface area contributed by atoms with Gasteiger partial charge in [0, 0.05) is 42.0 Å². The summed E-state index contributed by atoms with van der Waals surface area (Å²) < 4.78 is 1.45. The molecule has 6 nitrogen and oxygen atoms in total. The number of hydrogen-bond donors (Lipinski definition) is 2. The predicted molar refractivity (Wildman–Crippen MR) is 112 cm³/mol. The number of carbonyl (C=O) groups is 1. The number of pyridine rings is 1. The van der Waals surface area contributed by atoms with Crippen LogP contribution in [0.1, 0.15) is 28.9 Å². The summed E-state index contributed by atoms with van der Waals surface area (Å²) in [5.41, 5.74) is 5.78. The van der Waals surface area contributed by atoms with Crippen LogP contribution in [0.3, 0.4) is 0 Å². The maximum absolute atomic E-state index is 12.6. The van der Waals surface area contributed by atoms with E-state index >= 15 is 0 Å². The van der Waals surface area contributed by atoms with Crippen molar-refractivity contribution < 1.29 is 4.79 Å². The molecule has 3 heterocycles. The monoisotopic (exact) mass is 375 g/mol. The van der Waals surface area contributed by atoms with E-state index in [1.165, 1.54) is 4.68 Å². The Bertz CT molecular complexity index is 1050. The van der Waals surface area contributed by atoms with E-state index in [-0.39, 0.29) is 6.03 Å². The number of aromatic nitrogens is 4. The summed E-state index contributed by atoms with van der Waals surface area (Å²) in [5, 5.41) is 8.45. The Morgan fingerprint density at radius 1 is 1.36 bits per heavy atom. The third-order valence-electron chi connectivity index (χ3n) is 4.82. The molecule has 0 unspecified atom stereocenters. The van der Waals surface area contributed by atoms with Crippen molar-refractivity contribution in [1.29, 1.82) is 0 Å². The molecule has 3 aromatic rings. The van der Waals surface area contributed by atoms with E-state index in [1.807, 2.05) is 38.3 Å². The van der Waals surface area contributed by atoms with Crippen molar-refractivity contribution in [1.82, 2.24) is 25.1 Å². The first-order chi connectivity index (χ1) is 13.5. The summed E-state index contributed by atoms with van der Waals surface area (Å²) in [6.07, 6.45) is 10.5. The molecule has 0 aromatic carbocycles. The molecule has 0 bridgehead atoms. The van der Waals surface area contributed by atoms with Gasteiger partial charge in [0.15, 0.2) is 0 Å². The Morgan fingerprint density at radius 2 is 2.18 bits per heavy atom. The molecular formula is C22H25N5O. The standard InChI is InChI=1S/C22H25N5O/c1-5-8-17(6-2)10-12-24-22(28)27-16(4)20(15(3)26-27)13-18-14-25-21-19(18)9-7-11-23-21/h5-9,11,14H,1-2,10,12-13H2,3-4H3,(H,23,25)(H,24,28)/b17-8+. The molecule has 3 aromatic heterocycles. The fourth-order valence-electron chi connectivity index (χ4n) is 3.27. The van der Waals surface area contributed by atoms with Crippen molar-refractivity contribution in [2.24, 2.45) is 0 Å². The summed E-state index contributed by atoms with van der Waals surface area (Å²) >= 11 is 0. The molecule has 0 radical (unpaired) electrons. The van der Waals surface area contributed by atoms with Crippen molar-refractivity contribution in [2.45, 2.75) is 26.7 Å². The zero-order valence-electron chi connectivity index (χ0n) is 16.3. The zero-order valence-corrected chi connectivity index (χ0v) is 16.3. The summed E-state index contributed by atoms with van der Waals surface area (Å²) in [6, 6.07) is 3.74. The smallest absolute Gasteiger partial charge is 0.342 e. The quantitative estimate of drug-likeness (QED) is 0.607. The lowest BCUT2D eigenvalue weighted by Gasteiger charge is -2.07. The van der Waals surface area contributed by atoms with Crippen LogP contribution < -0.4 is 5.32 Å². The lowest BCUT2D eigenvalue weighted by atomic mass is 10.0. The van der Waals surface area contributed by atoms with Crippen LogP contribution in [-0.4, -0.2) is 32.3 Å². The lowest BCUT2D eigenvalue weighted by Crippen LogP contribution is -2.31. The number of fused-ring (bicyclic) bond motifs is 1. The topological polar surface area (TPSA) is 75.6 Å². The first-order valence-electron chi connectivity index (χ1n) is 9.23. The van der Waals surface area contributed by atoms with Gasteiger partial charge >= 0.3 is 6.03 Å². The van der Waals surface area contributed by atoms with E-state index in [0.717, 1.165) is 39.1 Å². The van der Waals surface area contributed by atoms with Crippen molar-refractivity contribution in [3.05, 3.63) is 84.0 Å². The minimum Gasteiger partial charge on any atom is -0.346 e. The Morgan fingerprint density at radius 3 is 2.93 bits per heavy atom. The minimum atomic E-state index is -0.227. The number of allylic oxidation sites excluding steroid dienone is 3. The van der Waals surface area contributed by atoms with E-state index in [0.29, 0.717) is 19.4 Å². The summed E-state index contributed by atoms with van der Waals surface area (Å²) in [6.45, 7) is 11.8. The van der Waals surface area contributed by atoms with E-state index in [1.54, 1.807) is 18.3 Å². The normalized spacial score (nSPS) is 11.6. The number of rotatable bonds is 7. The molecule has 0 saturated heterocycles. The lowest BCUT2D eigenvalue weighted by molar-refractivity contribution is 0.239. The molecule has 28 heavy (non-hydrogen) atoms. The third kappa shape index (κ3) is 3.96. The maximum atomic E-state index is 12.6. The van der Waals surface area contributed by atoms with Gasteiger partial charge in [-0.25, -0.2) is 9.78 Å². The number of carbonyl (C=O) groups excluding carboxylic acids is 1. The highest BCUT2D eigenvalue weighted by atomic mass is 16.2. The molecule has 0 atom stereocenters. The summed E-state index contributed by atoms with van der Waals surface area (Å²) in [7, 11) is 0. The number of amides is 1. The van der Waals surface area contributed by atoms with E-state index in [2.05, 4.69) is 33.5 Å². The van der Waals surface area contributed by atoms with E-state index in [4.69, 9.17) is 0 Å². The first-order valence-corrected chi connectivity index (χ1v) is 9.23. The van der Waals surface area contributed by atoms with Crippen molar-refractivity contribution in [3.63, 3.8) is 0 Å². The molecule has 0 saturated carbocycles. The van der Waals surface area contributed by atoms with E-state index < -0.39 is 0 Å². The van der Waals surface area contributed by atoms with Gasteiger partial charge < -0.3 is 10.3 Å². The molecule has 144 valence electrons. The minimum absolute atomic E-state index is 0.227. The fraction of sp³-hybridized carbons (Fsp3) is 0.227. The van der Waals surface area contributed by atoms with Crippen molar-refractivity contribution >= 4 is 17.1 Å². The highest BCUT2D eigenvalue weighted by molar-refractivity contribution is 5.80. The largest absolute Gasteiger partial charge is 0.346 e. The van der Waals surface area contributed by atoms with Gasteiger partial charge in [0.2, 0.25) is 0 Å². The molecule has 6 heteroatoms. The van der Waals surface area contributed by atoms with Gasteiger partial charge in [0.25, 0.3) is 0 Å². The highest BCUT2D eigenvalue weighted by Gasteiger charge is 2.18. The van der Waals surface area contributed by atoms with Gasteiger partial charge in [0.05, 0.1) is 5.69 Å². The Kier molecular flexibility index (Phi) is 5.89. The van der Waals surface area contributed by atoms with Crippen LogP contribution in [0.5, 0.6) is 0 Å². The van der Waals surface area contributed by atoms with Gasteiger partial charge in [-0.3, -0.25) is 0 Å². The molecule has 2 N–H and O–H groups in total. The van der Waals surface area contributed by atoms with Crippen LogP contribution in [0.4, 0.5) is 4.79 Å². The van der Waals surface area contributed by atoms with E-state index in [9.17, 15) is 4.79 Å². The molecule has 0 spiro atoms. The first kappa shape index (κ1) is 19.4. The van der Waals surface area contributed by atoms with Crippen molar-refractivity contribution in [3.8, 4) is 0 Å². The molecule has 0 aliphatic carbocycles. The molecule has 0 aliphatic rings. The molecule has 1 amide bonds. The summed E-state index contributed by atoms with van der Waals surface area (Å²) in [4.78, 5) is 20.1. The van der Waals surface area contributed by atoms with Gasteiger partial charge in [-0.05, 0) is 43.5 Å². The Hall–Kier alpha value is -3.41. The molecule has 3 rings (SSSR count). The summed E-state index contributed by atoms with van der Waals surface area (Å²) in [5.74, 6) is 0. The number of hydrogen-bond acceptors (Lipinski definition) is 3. The van der Waals surface area contributed by atoms with Gasteiger partial charge in [-0.15, -0.1) is 0 Å². The van der Waals surface area contributed by atoms with Crippen LogP contribution in [0.2, 0.25) is 0 Å². The average Bonchev–Trinajstić information content (AvgIpc) is 3.23. The third-order valence-corrected chi connectivity index (χ3v) is 4.82. The van der Waals surface area contributed by atoms with Crippen LogP contribution in [0, 0.1) is 13.8 Å². The van der Waals surface area contributed by atoms with Crippen molar-refractivity contribution in [2.75, 3.05) is 6.54 Å². The molecule has 0 fully saturated rings. The Labute approximate surface area is 164 Å². The maximum Gasteiger partial charge on any atom is 0.342 e. The van der Waals surface area contributed by atoms with Crippen LogP contribution >= 0.6 is 0 Å². The van der Waals surface area contributed by atoms with Gasteiger partial charge in [-0.1, -0.05) is 31.4 Å². The fourth-order valence-corrected chi connectivity index (χ4v) is 3.27. The zero-order chi connectivity index (χ0) is 20.1. The number of aromatic amines is 1. The van der Waals surface area contributed by atoms with Crippen LogP contribution in [0.25, 0.3) is 11.0 Å². The average molecular weight is 375 g/mol. The van der Waals surface area contributed by atoms with Gasteiger partial charge in [0.1, 0.15) is 5.65 Å². The second-order valence-electron chi connectivity index (χ2n) is 6.61. The number of H-pyrrole nitrogens is 1. The number of nitrogens with one attached hydrogen (secondary N) is 2.